The van der Waals surface area contributed by atoms with Gasteiger partial charge in [0.05, 0.1) is 6.10 Å². The van der Waals surface area contributed by atoms with Crippen molar-refractivity contribution < 1.29 is 4.74 Å². The predicted molar refractivity (Wildman–Crippen MR) is 73.2 cm³/mol. The minimum atomic E-state index is 0.387. The van der Waals surface area contributed by atoms with Crippen molar-refractivity contribution >= 4 is 26.8 Å². The highest BCUT2D eigenvalue weighted by Crippen LogP contribution is 2.23. The third kappa shape index (κ3) is 2.40. The second-order valence-electron chi connectivity index (χ2n) is 4.66. The number of aromatic nitrogens is 1. The van der Waals surface area contributed by atoms with Crippen LogP contribution in [0.25, 0.3) is 10.9 Å². The summed E-state index contributed by atoms with van der Waals surface area (Å²) in [5, 5.41) is 1.30. The molecular formula is C14H16BrNO. The summed E-state index contributed by atoms with van der Waals surface area (Å²) in [5.74, 6) is 0. The molecule has 1 unspecified atom stereocenters. The lowest BCUT2D eigenvalue weighted by atomic mass is 10.1. The molecule has 0 saturated carbocycles. The van der Waals surface area contributed by atoms with Crippen LogP contribution >= 0.6 is 15.9 Å². The lowest BCUT2D eigenvalue weighted by Gasteiger charge is -2.23. The number of halogens is 1. The molecule has 1 saturated heterocycles. The molecule has 3 rings (SSSR count). The van der Waals surface area contributed by atoms with Crippen LogP contribution in [0, 0.1) is 0 Å². The third-order valence-corrected chi connectivity index (χ3v) is 3.90. The van der Waals surface area contributed by atoms with Crippen LogP contribution in [-0.4, -0.2) is 17.3 Å². The van der Waals surface area contributed by atoms with Crippen LogP contribution in [0.3, 0.4) is 0 Å². The standard InChI is InChI=1S/C14H16BrNO/c15-12-5-4-11-6-7-16(14(11)9-12)10-13-3-1-2-8-17-13/h4-7,9,13H,1-3,8,10H2. The summed E-state index contributed by atoms with van der Waals surface area (Å²) in [6.07, 6.45) is 6.25. The van der Waals surface area contributed by atoms with Crippen molar-refractivity contribution in [3.8, 4) is 0 Å². The number of hydrogen-bond acceptors (Lipinski definition) is 1. The molecule has 1 atom stereocenters. The molecule has 0 radical (unpaired) electrons. The van der Waals surface area contributed by atoms with Gasteiger partial charge in [-0.25, -0.2) is 0 Å². The topological polar surface area (TPSA) is 14.2 Å². The summed E-state index contributed by atoms with van der Waals surface area (Å²) in [6, 6.07) is 8.59. The van der Waals surface area contributed by atoms with E-state index in [2.05, 4.69) is 51.0 Å². The molecule has 3 heteroatoms. The molecule has 1 aliphatic heterocycles. The zero-order chi connectivity index (χ0) is 11.7. The van der Waals surface area contributed by atoms with E-state index in [4.69, 9.17) is 4.74 Å². The van der Waals surface area contributed by atoms with E-state index in [-0.39, 0.29) is 0 Å². The van der Waals surface area contributed by atoms with Gasteiger partial charge in [0, 0.05) is 29.3 Å². The van der Waals surface area contributed by atoms with Crippen LogP contribution in [0.15, 0.2) is 34.9 Å². The molecule has 0 spiro atoms. The maximum absolute atomic E-state index is 5.80. The van der Waals surface area contributed by atoms with Crippen molar-refractivity contribution in [1.29, 1.82) is 0 Å². The fraction of sp³-hybridized carbons (Fsp3) is 0.429. The number of ether oxygens (including phenoxy) is 1. The van der Waals surface area contributed by atoms with Gasteiger partial charge in [-0.05, 0) is 42.8 Å². The average Bonchev–Trinajstić information content (AvgIpc) is 2.73. The minimum Gasteiger partial charge on any atom is -0.376 e. The van der Waals surface area contributed by atoms with Crippen molar-refractivity contribution in [1.82, 2.24) is 4.57 Å². The quantitative estimate of drug-likeness (QED) is 0.817. The monoisotopic (exact) mass is 293 g/mol. The fourth-order valence-electron chi connectivity index (χ4n) is 2.49. The Morgan fingerprint density at radius 1 is 1.29 bits per heavy atom. The van der Waals surface area contributed by atoms with E-state index in [1.54, 1.807) is 0 Å². The van der Waals surface area contributed by atoms with Crippen molar-refractivity contribution in [3.05, 3.63) is 34.9 Å². The largest absolute Gasteiger partial charge is 0.376 e. The lowest BCUT2D eigenvalue weighted by molar-refractivity contribution is 0.00670. The number of rotatable bonds is 2. The normalized spacial score (nSPS) is 20.9. The maximum atomic E-state index is 5.80. The Morgan fingerprint density at radius 3 is 3.06 bits per heavy atom. The molecule has 90 valence electrons. The van der Waals surface area contributed by atoms with Gasteiger partial charge in [0.15, 0.2) is 0 Å². The molecule has 0 bridgehead atoms. The zero-order valence-electron chi connectivity index (χ0n) is 9.73. The molecule has 2 aromatic rings. The second-order valence-corrected chi connectivity index (χ2v) is 5.58. The first-order valence-electron chi connectivity index (χ1n) is 6.19. The third-order valence-electron chi connectivity index (χ3n) is 3.41. The molecular weight excluding hydrogens is 278 g/mol. The second kappa shape index (κ2) is 4.83. The Kier molecular flexibility index (Phi) is 3.21. The molecule has 1 fully saturated rings. The molecule has 0 aliphatic carbocycles. The Bertz CT molecular complexity index is 514. The summed E-state index contributed by atoms with van der Waals surface area (Å²) in [6.45, 7) is 1.90. The summed E-state index contributed by atoms with van der Waals surface area (Å²) in [7, 11) is 0. The SMILES string of the molecule is Brc1ccc2ccn(CC3CCCCO3)c2c1. The Labute approximate surface area is 110 Å². The van der Waals surface area contributed by atoms with E-state index in [9.17, 15) is 0 Å². The number of fused-ring (bicyclic) bond motifs is 1. The molecule has 0 N–H and O–H groups in total. The molecule has 2 nitrogen and oxygen atoms in total. The Hall–Kier alpha value is -0.800. The van der Waals surface area contributed by atoms with E-state index in [0.29, 0.717) is 6.10 Å². The zero-order valence-corrected chi connectivity index (χ0v) is 11.3. The first-order valence-corrected chi connectivity index (χ1v) is 6.98. The number of hydrogen-bond donors (Lipinski definition) is 0. The van der Waals surface area contributed by atoms with Crippen LogP contribution in [-0.2, 0) is 11.3 Å². The van der Waals surface area contributed by atoms with E-state index in [1.807, 2.05) is 0 Å². The molecule has 1 aromatic carbocycles. The van der Waals surface area contributed by atoms with Gasteiger partial charge in [0.25, 0.3) is 0 Å². The van der Waals surface area contributed by atoms with E-state index < -0.39 is 0 Å². The van der Waals surface area contributed by atoms with Gasteiger partial charge in [0.1, 0.15) is 0 Å². The van der Waals surface area contributed by atoms with Crippen LogP contribution in [0.2, 0.25) is 0 Å². The fourth-order valence-corrected chi connectivity index (χ4v) is 2.84. The Balaban J connectivity index is 1.86. The van der Waals surface area contributed by atoms with E-state index in [0.717, 1.165) is 17.6 Å². The van der Waals surface area contributed by atoms with Gasteiger partial charge in [-0.2, -0.15) is 0 Å². The predicted octanol–water partition coefficient (Wildman–Crippen LogP) is 3.97. The highest BCUT2D eigenvalue weighted by molar-refractivity contribution is 9.10. The summed E-state index contributed by atoms with van der Waals surface area (Å²) >= 11 is 3.53. The van der Waals surface area contributed by atoms with Crippen molar-refractivity contribution in [2.45, 2.75) is 31.9 Å². The molecule has 1 aliphatic rings. The van der Waals surface area contributed by atoms with E-state index >= 15 is 0 Å². The molecule has 1 aromatic heterocycles. The van der Waals surface area contributed by atoms with Crippen LogP contribution < -0.4 is 0 Å². The van der Waals surface area contributed by atoms with Gasteiger partial charge in [-0.15, -0.1) is 0 Å². The van der Waals surface area contributed by atoms with Gasteiger partial charge in [0.2, 0.25) is 0 Å². The summed E-state index contributed by atoms with van der Waals surface area (Å²) in [4.78, 5) is 0. The van der Waals surface area contributed by atoms with Crippen molar-refractivity contribution in [2.24, 2.45) is 0 Å². The molecule has 0 amide bonds. The van der Waals surface area contributed by atoms with Crippen LogP contribution in [0.4, 0.5) is 0 Å². The van der Waals surface area contributed by atoms with Gasteiger partial charge < -0.3 is 9.30 Å². The van der Waals surface area contributed by atoms with Gasteiger partial charge >= 0.3 is 0 Å². The number of benzene rings is 1. The summed E-state index contributed by atoms with van der Waals surface area (Å²) < 4.78 is 9.23. The summed E-state index contributed by atoms with van der Waals surface area (Å²) in [5.41, 5.74) is 1.29. The maximum Gasteiger partial charge on any atom is 0.0754 e. The smallest absolute Gasteiger partial charge is 0.0754 e. The number of nitrogens with zero attached hydrogens (tertiary/aromatic N) is 1. The molecule has 2 heterocycles. The highest BCUT2D eigenvalue weighted by Gasteiger charge is 2.15. The van der Waals surface area contributed by atoms with Gasteiger partial charge in [-0.3, -0.25) is 0 Å². The van der Waals surface area contributed by atoms with Crippen LogP contribution in [0.1, 0.15) is 19.3 Å². The first kappa shape index (κ1) is 11.3. The van der Waals surface area contributed by atoms with Crippen molar-refractivity contribution in [2.75, 3.05) is 6.61 Å². The van der Waals surface area contributed by atoms with E-state index in [1.165, 1.54) is 30.2 Å². The average molecular weight is 294 g/mol. The van der Waals surface area contributed by atoms with Crippen LogP contribution in [0.5, 0.6) is 0 Å². The minimum absolute atomic E-state index is 0.387. The highest BCUT2D eigenvalue weighted by atomic mass is 79.9. The first-order chi connectivity index (χ1) is 8.33. The van der Waals surface area contributed by atoms with Crippen molar-refractivity contribution in [3.63, 3.8) is 0 Å². The molecule has 17 heavy (non-hydrogen) atoms. The van der Waals surface area contributed by atoms with Gasteiger partial charge in [-0.1, -0.05) is 22.0 Å². The lowest BCUT2D eigenvalue weighted by Crippen LogP contribution is -2.24. The Morgan fingerprint density at radius 2 is 2.24 bits per heavy atom.